The Hall–Kier alpha value is -1.46. The van der Waals surface area contributed by atoms with Crippen LogP contribution in [0.1, 0.15) is 81.1 Å². The number of rotatable bonds is 8. The van der Waals surface area contributed by atoms with E-state index in [1.807, 2.05) is 55.4 Å². The van der Waals surface area contributed by atoms with Crippen molar-refractivity contribution in [2.75, 3.05) is 0 Å². The van der Waals surface area contributed by atoms with Crippen molar-refractivity contribution in [3.8, 4) is 0 Å². The molecule has 0 unspecified atom stereocenters. The molecule has 0 bridgehead atoms. The average molecular weight is 401 g/mol. The highest BCUT2D eigenvalue weighted by atomic mass is 16.7. The van der Waals surface area contributed by atoms with Gasteiger partial charge >= 0.3 is 12.3 Å². The SMILES string of the molecule is CC(C)C(OC(=O)OC1CCC(OC(=O)OC(C(C)C)C(C)C)CC1)C(C)C. The molecule has 6 nitrogen and oxygen atoms in total. The summed E-state index contributed by atoms with van der Waals surface area (Å²) in [4.78, 5) is 24.2. The zero-order valence-corrected chi connectivity index (χ0v) is 18.9. The molecule has 0 aromatic heterocycles. The van der Waals surface area contributed by atoms with Crippen LogP contribution in [0.25, 0.3) is 0 Å². The van der Waals surface area contributed by atoms with E-state index in [-0.39, 0.29) is 48.1 Å². The van der Waals surface area contributed by atoms with Crippen molar-refractivity contribution in [3.05, 3.63) is 0 Å². The Morgan fingerprint density at radius 3 is 1.04 bits per heavy atom. The van der Waals surface area contributed by atoms with Crippen LogP contribution < -0.4 is 0 Å². The van der Waals surface area contributed by atoms with Gasteiger partial charge in [0.25, 0.3) is 0 Å². The molecule has 1 aliphatic carbocycles. The molecule has 0 aliphatic heterocycles. The van der Waals surface area contributed by atoms with E-state index in [4.69, 9.17) is 18.9 Å². The number of carbonyl (C=O) groups is 2. The fourth-order valence-corrected chi connectivity index (χ4v) is 3.90. The van der Waals surface area contributed by atoms with Crippen LogP contribution >= 0.6 is 0 Å². The van der Waals surface area contributed by atoms with Gasteiger partial charge in [-0.25, -0.2) is 9.59 Å². The van der Waals surface area contributed by atoms with Gasteiger partial charge in [0.2, 0.25) is 0 Å². The lowest BCUT2D eigenvalue weighted by Gasteiger charge is -2.30. The maximum absolute atomic E-state index is 12.1. The van der Waals surface area contributed by atoms with Crippen molar-refractivity contribution in [1.29, 1.82) is 0 Å². The van der Waals surface area contributed by atoms with Gasteiger partial charge in [0.1, 0.15) is 24.4 Å². The van der Waals surface area contributed by atoms with Crippen molar-refractivity contribution >= 4 is 12.3 Å². The summed E-state index contributed by atoms with van der Waals surface area (Å²) in [5.41, 5.74) is 0. The molecule has 0 radical (unpaired) electrons. The molecule has 0 aromatic carbocycles. The lowest BCUT2D eigenvalue weighted by atomic mass is 9.95. The highest BCUT2D eigenvalue weighted by Gasteiger charge is 2.30. The Morgan fingerprint density at radius 1 is 0.571 bits per heavy atom. The number of carbonyl (C=O) groups excluding carboxylic acids is 2. The van der Waals surface area contributed by atoms with Crippen LogP contribution in [0, 0.1) is 23.7 Å². The number of hydrogen-bond acceptors (Lipinski definition) is 6. The number of ether oxygens (including phenoxy) is 4. The molecule has 0 saturated heterocycles. The largest absolute Gasteiger partial charge is 0.508 e. The lowest BCUT2D eigenvalue weighted by molar-refractivity contribution is -0.0595. The van der Waals surface area contributed by atoms with E-state index in [2.05, 4.69) is 0 Å². The maximum atomic E-state index is 12.1. The molecule has 0 amide bonds. The molecule has 0 N–H and O–H groups in total. The quantitative estimate of drug-likeness (QED) is 0.468. The second-order valence-electron chi connectivity index (χ2n) is 9.28. The van der Waals surface area contributed by atoms with Gasteiger partial charge in [-0.3, -0.25) is 0 Å². The van der Waals surface area contributed by atoms with Crippen LogP contribution in [0.2, 0.25) is 0 Å². The van der Waals surface area contributed by atoms with Gasteiger partial charge < -0.3 is 18.9 Å². The minimum absolute atomic E-state index is 0.156. The van der Waals surface area contributed by atoms with Crippen molar-refractivity contribution in [3.63, 3.8) is 0 Å². The summed E-state index contributed by atoms with van der Waals surface area (Å²) in [6.45, 7) is 16.2. The van der Waals surface area contributed by atoms with Crippen molar-refractivity contribution in [2.24, 2.45) is 23.7 Å². The first kappa shape index (κ1) is 24.6. The summed E-state index contributed by atoms with van der Waals surface area (Å²) >= 11 is 0. The highest BCUT2D eigenvalue weighted by molar-refractivity contribution is 5.61. The molecule has 1 rings (SSSR count). The molecule has 164 valence electrons. The molecule has 0 spiro atoms. The second kappa shape index (κ2) is 11.5. The predicted molar refractivity (Wildman–Crippen MR) is 108 cm³/mol. The third-order valence-electron chi connectivity index (χ3n) is 5.24. The van der Waals surface area contributed by atoms with Crippen LogP contribution in [0.5, 0.6) is 0 Å². The molecule has 0 heterocycles. The van der Waals surface area contributed by atoms with Gasteiger partial charge in [-0.1, -0.05) is 55.4 Å². The molecule has 6 heteroatoms. The normalized spacial score (nSPS) is 20.4. The standard InChI is InChI=1S/C22H40O6/c1-13(2)19(14(3)4)27-21(23)25-17-9-11-18(12-10-17)26-22(24)28-20(15(5)6)16(7)8/h13-20H,9-12H2,1-8H3. The molecule has 1 aliphatic rings. The second-order valence-corrected chi connectivity index (χ2v) is 9.28. The monoisotopic (exact) mass is 400 g/mol. The molecule has 0 aromatic rings. The third-order valence-corrected chi connectivity index (χ3v) is 5.24. The molecule has 28 heavy (non-hydrogen) atoms. The fourth-order valence-electron chi connectivity index (χ4n) is 3.90. The molecular formula is C22H40O6. The van der Waals surface area contributed by atoms with Crippen LogP contribution in [-0.4, -0.2) is 36.7 Å². The Bertz CT molecular complexity index is 417. The summed E-state index contributed by atoms with van der Waals surface area (Å²) in [5, 5.41) is 0. The first-order valence-corrected chi connectivity index (χ1v) is 10.8. The van der Waals surface area contributed by atoms with Gasteiger partial charge in [-0.15, -0.1) is 0 Å². The zero-order chi connectivity index (χ0) is 21.4. The van der Waals surface area contributed by atoms with E-state index in [1.165, 1.54) is 0 Å². The Kier molecular flexibility index (Phi) is 10.1. The lowest BCUT2D eigenvalue weighted by Crippen LogP contribution is -2.34. The first-order valence-electron chi connectivity index (χ1n) is 10.8. The summed E-state index contributed by atoms with van der Waals surface area (Å²) in [6.07, 6.45) is 0.703. The van der Waals surface area contributed by atoms with Gasteiger partial charge in [0.15, 0.2) is 0 Å². The molecule has 1 saturated carbocycles. The summed E-state index contributed by atoms with van der Waals surface area (Å²) in [5.74, 6) is 0.956. The predicted octanol–water partition coefficient (Wildman–Crippen LogP) is 5.97. The summed E-state index contributed by atoms with van der Waals surface area (Å²) in [6, 6.07) is 0. The van der Waals surface area contributed by atoms with Gasteiger partial charge in [-0.05, 0) is 49.4 Å². The minimum Gasteiger partial charge on any atom is -0.431 e. The van der Waals surface area contributed by atoms with Crippen molar-refractivity contribution < 1.29 is 28.5 Å². The molecular weight excluding hydrogens is 360 g/mol. The Labute approximate surface area is 170 Å². The molecule has 0 atom stereocenters. The third kappa shape index (κ3) is 8.27. The highest BCUT2D eigenvalue weighted by Crippen LogP contribution is 2.26. The fraction of sp³-hybridized carbons (Fsp3) is 0.909. The first-order chi connectivity index (χ1) is 13.0. The summed E-state index contributed by atoms with van der Waals surface area (Å²) < 4.78 is 21.9. The van der Waals surface area contributed by atoms with E-state index in [1.54, 1.807) is 0 Å². The average Bonchev–Trinajstić information content (AvgIpc) is 2.58. The topological polar surface area (TPSA) is 71.1 Å². The smallest absolute Gasteiger partial charge is 0.431 e. The minimum atomic E-state index is -0.604. The van der Waals surface area contributed by atoms with E-state index < -0.39 is 12.3 Å². The van der Waals surface area contributed by atoms with E-state index in [0.717, 1.165) is 0 Å². The van der Waals surface area contributed by atoms with E-state index in [9.17, 15) is 9.59 Å². The zero-order valence-electron chi connectivity index (χ0n) is 18.9. The van der Waals surface area contributed by atoms with E-state index in [0.29, 0.717) is 25.7 Å². The van der Waals surface area contributed by atoms with Crippen molar-refractivity contribution in [1.82, 2.24) is 0 Å². The van der Waals surface area contributed by atoms with Gasteiger partial charge in [-0.2, -0.15) is 0 Å². The van der Waals surface area contributed by atoms with Crippen LogP contribution in [0.15, 0.2) is 0 Å². The van der Waals surface area contributed by atoms with Crippen LogP contribution in [0.4, 0.5) is 9.59 Å². The van der Waals surface area contributed by atoms with E-state index >= 15 is 0 Å². The maximum Gasteiger partial charge on any atom is 0.508 e. The van der Waals surface area contributed by atoms with Crippen molar-refractivity contribution in [2.45, 2.75) is 105 Å². The Morgan fingerprint density at radius 2 is 0.821 bits per heavy atom. The van der Waals surface area contributed by atoms with Crippen LogP contribution in [0.3, 0.4) is 0 Å². The number of hydrogen-bond donors (Lipinski definition) is 0. The van der Waals surface area contributed by atoms with Gasteiger partial charge in [0, 0.05) is 0 Å². The van der Waals surface area contributed by atoms with Gasteiger partial charge in [0.05, 0.1) is 0 Å². The Balaban J connectivity index is 2.38. The molecule has 1 fully saturated rings. The summed E-state index contributed by atoms with van der Waals surface area (Å²) in [7, 11) is 0. The van der Waals surface area contributed by atoms with Crippen LogP contribution in [-0.2, 0) is 18.9 Å².